The van der Waals surface area contributed by atoms with Crippen LogP contribution in [0.15, 0.2) is 0 Å². The molecule has 2 atom stereocenters. The Morgan fingerprint density at radius 2 is 1.80 bits per heavy atom. The highest BCUT2D eigenvalue weighted by molar-refractivity contribution is 5.75. The van der Waals surface area contributed by atoms with Gasteiger partial charge in [-0.05, 0) is 38.5 Å². The van der Waals surface area contributed by atoms with Gasteiger partial charge in [-0.2, -0.15) is 0 Å². The zero-order chi connectivity index (χ0) is 12.1. The van der Waals surface area contributed by atoms with Gasteiger partial charge < -0.3 is 4.74 Å². The van der Waals surface area contributed by atoms with Gasteiger partial charge in [-0.3, -0.25) is 4.79 Å². The number of esters is 1. The molecule has 0 aromatic heterocycles. The van der Waals surface area contributed by atoms with E-state index < -0.39 is 0 Å². The van der Waals surface area contributed by atoms with Crippen LogP contribution in [0.25, 0.3) is 0 Å². The van der Waals surface area contributed by atoms with Gasteiger partial charge in [0.1, 0.15) is 0 Å². The van der Waals surface area contributed by atoms with Crippen molar-refractivity contribution in [2.75, 3.05) is 7.11 Å². The van der Waals surface area contributed by atoms with E-state index in [1.54, 1.807) is 0 Å². The number of ether oxygens (including phenoxy) is 1. The third kappa shape index (κ3) is 5.19. The van der Waals surface area contributed by atoms with Crippen LogP contribution in [0, 0.1) is 17.3 Å². The molecule has 0 spiro atoms. The van der Waals surface area contributed by atoms with Gasteiger partial charge in [-0.25, -0.2) is 0 Å². The fourth-order valence-corrected chi connectivity index (χ4v) is 2.17. The molecule has 0 aliphatic carbocycles. The van der Waals surface area contributed by atoms with Gasteiger partial charge in [0.2, 0.25) is 0 Å². The normalized spacial score (nSPS) is 15.9. The van der Waals surface area contributed by atoms with Gasteiger partial charge in [0.25, 0.3) is 0 Å². The summed E-state index contributed by atoms with van der Waals surface area (Å²) in [6.45, 7) is 10.6. The van der Waals surface area contributed by atoms with Crippen LogP contribution in [0.3, 0.4) is 0 Å². The highest BCUT2D eigenvalue weighted by atomic mass is 16.5. The quantitative estimate of drug-likeness (QED) is 0.631. The molecule has 0 saturated carbocycles. The van der Waals surface area contributed by atoms with Gasteiger partial charge in [0.05, 0.1) is 12.5 Å². The van der Waals surface area contributed by atoms with E-state index in [-0.39, 0.29) is 11.4 Å². The molecule has 0 bridgehead atoms. The van der Waals surface area contributed by atoms with Crippen LogP contribution in [0.5, 0.6) is 0 Å². The second-order valence-electron chi connectivity index (χ2n) is 5.43. The Morgan fingerprint density at radius 3 is 2.20 bits per heavy atom. The molecule has 2 unspecified atom stereocenters. The lowest BCUT2D eigenvalue weighted by Gasteiger charge is -2.26. The Labute approximate surface area is 94.4 Å². The van der Waals surface area contributed by atoms with Crippen molar-refractivity contribution in [3.05, 3.63) is 0 Å². The molecule has 90 valence electrons. The summed E-state index contributed by atoms with van der Waals surface area (Å²) in [6, 6.07) is 0. The largest absolute Gasteiger partial charge is 0.469 e. The van der Waals surface area contributed by atoms with E-state index in [1.807, 2.05) is 13.8 Å². The first-order valence-corrected chi connectivity index (χ1v) is 5.91. The fourth-order valence-electron chi connectivity index (χ4n) is 2.17. The van der Waals surface area contributed by atoms with Crippen molar-refractivity contribution in [2.24, 2.45) is 17.3 Å². The number of methoxy groups -OCH3 is 1. The molecule has 0 aromatic carbocycles. The van der Waals surface area contributed by atoms with Crippen LogP contribution >= 0.6 is 0 Å². The second-order valence-corrected chi connectivity index (χ2v) is 5.43. The van der Waals surface area contributed by atoms with Crippen molar-refractivity contribution in [2.45, 2.75) is 53.9 Å². The van der Waals surface area contributed by atoms with Crippen LogP contribution in [0.1, 0.15) is 53.9 Å². The summed E-state index contributed by atoms with van der Waals surface area (Å²) in [5.74, 6) is 1.22. The lowest BCUT2D eigenvalue weighted by molar-refractivity contribution is -0.151. The third-order valence-corrected chi connectivity index (χ3v) is 3.10. The minimum Gasteiger partial charge on any atom is -0.469 e. The Balaban J connectivity index is 4.15. The predicted molar refractivity (Wildman–Crippen MR) is 63.7 cm³/mol. The Hall–Kier alpha value is -0.530. The zero-order valence-corrected chi connectivity index (χ0v) is 11.1. The van der Waals surface area contributed by atoms with Crippen LogP contribution < -0.4 is 0 Å². The Bertz CT molecular complexity index is 197. The highest BCUT2D eigenvalue weighted by Crippen LogP contribution is 2.30. The summed E-state index contributed by atoms with van der Waals surface area (Å²) in [4.78, 5) is 11.5. The molecule has 15 heavy (non-hydrogen) atoms. The van der Waals surface area contributed by atoms with Gasteiger partial charge >= 0.3 is 5.97 Å². The number of carbonyl (C=O) groups excluding carboxylic acids is 1. The van der Waals surface area contributed by atoms with Crippen molar-refractivity contribution in [1.82, 2.24) is 0 Å². The van der Waals surface area contributed by atoms with Gasteiger partial charge in [0, 0.05) is 0 Å². The van der Waals surface area contributed by atoms with E-state index >= 15 is 0 Å². The summed E-state index contributed by atoms with van der Waals surface area (Å²) in [5, 5.41) is 0. The minimum absolute atomic E-state index is 0.0986. The molecular weight excluding hydrogens is 188 g/mol. The molecule has 0 aliphatic rings. The summed E-state index contributed by atoms with van der Waals surface area (Å²) < 4.78 is 4.81. The van der Waals surface area contributed by atoms with Gasteiger partial charge in [0.15, 0.2) is 0 Å². The zero-order valence-electron chi connectivity index (χ0n) is 11.1. The maximum Gasteiger partial charge on any atom is 0.311 e. The van der Waals surface area contributed by atoms with E-state index in [4.69, 9.17) is 4.74 Å². The highest BCUT2D eigenvalue weighted by Gasteiger charge is 2.30. The topological polar surface area (TPSA) is 26.3 Å². The molecule has 2 heteroatoms. The first-order chi connectivity index (χ1) is 6.83. The number of rotatable bonds is 6. The summed E-state index contributed by atoms with van der Waals surface area (Å²) >= 11 is 0. The van der Waals surface area contributed by atoms with Crippen molar-refractivity contribution in [3.8, 4) is 0 Å². The smallest absolute Gasteiger partial charge is 0.311 e. The number of hydrogen-bond acceptors (Lipinski definition) is 2. The Kier molecular flexibility index (Phi) is 5.92. The second kappa shape index (κ2) is 6.14. The fraction of sp³-hybridized carbons (Fsp3) is 0.923. The maximum absolute atomic E-state index is 11.5. The van der Waals surface area contributed by atoms with Crippen molar-refractivity contribution >= 4 is 5.97 Å². The lowest BCUT2D eigenvalue weighted by Crippen LogP contribution is -2.28. The summed E-state index contributed by atoms with van der Waals surface area (Å²) in [6.07, 6.45) is 3.31. The molecule has 0 rings (SSSR count). The molecule has 0 saturated heterocycles. The molecule has 0 N–H and O–H groups in total. The molecule has 0 aromatic rings. The lowest BCUT2D eigenvalue weighted by atomic mass is 9.80. The SMILES string of the molecule is CCC(C)CC(C)CC(C)(C)C(=O)OC. The third-order valence-electron chi connectivity index (χ3n) is 3.10. The first kappa shape index (κ1) is 14.5. The molecule has 0 aliphatic heterocycles. The number of carbonyl (C=O) groups is 1. The van der Waals surface area contributed by atoms with Crippen LogP contribution in [-0.4, -0.2) is 13.1 Å². The van der Waals surface area contributed by atoms with Crippen LogP contribution in [0.2, 0.25) is 0 Å². The standard InChI is InChI=1S/C13H26O2/c1-7-10(2)8-11(3)9-13(4,5)12(14)15-6/h10-11H,7-9H2,1-6H3. The van der Waals surface area contributed by atoms with Crippen LogP contribution in [0.4, 0.5) is 0 Å². The van der Waals surface area contributed by atoms with E-state index in [1.165, 1.54) is 20.0 Å². The van der Waals surface area contributed by atoms with Crippen molar-refractivity contribution < 1.29 is 9.53 Å². The van der Waals surface area contributed by atoms with E-state index in [2.05, 4.69) is 20.8 Å². The predicted octanol–water partition coefficient (Wildman–Crippen LogP) is 3.65. The minimum atomic E-state index is -0.346. The van der Waals surface area contributed by atoms with E-state index in [9.17, 15) is 4.79 Å². The van der Waals surface area contributed by atoms with Crippen molar-refractivity contribution in [1.29, 1.82) is 0 Å². The molecule has 0 heterocycles. The van der Waals surface area contributed by atoms with Gasteiger partial charge in [-0.1, -0.05) is 27.2 Å². The monoisotopic (exact) mass is 214 g/mol. The maximum atomic E-state index is 11.5. The first-order valence-electron chi connectivity index (χ1n) is 5.91. The molecule has 0 radical (unpaired) electrons. The average Bonchev–Trinajstić information content (AvgIpc) is 2.15. The molecule has 2 nitrogen and oxygen atoms in total. The average molecular weight is 214 g/mol. The van der Waals surface area contributed by atoms with E-state index in [0.29, 0.717) is 5.92 Å². The van der Waals surface area contributed by atoms with Crippen LogP contribution in [-0.2, 0) is 9.53 Å². The molecule has 0 fully saturated rings. The van der Waals surface area contributed by atoms with E-state index in [0.717, 1.165) is 12.3 Å². The summed E-state index contributed by atoms with van der Waals surface area (Å²) in [7, 11) is 1.46. The molecule has 0 amide bonds. The van der Waals surface area contributed by atoms with Gasteiger partial charge in [-0.15, -0.1) is 0 Å². The van der Waals surface area contributed by atoms with Crippen molar-refractivity contribution in [3.63, 3.8) is 0 Å². The summed E-state index contributed by atoms with van der Waals surface area (Å²) in [5.41, 5.74) is -0.346. The molecular formula is C13H26O2. The Morgan fingerprint density at radius 1 is 1.27 bits per heavy atom. The number of hydrogen-bond donors (Lipinski definition) is 0.